The van der Waals surface area contributed by atoms with Crippen LogP contribution in [-0.2, 0) is 17.8 Å². The van der Waals surface area contributed by atoms with Crippen molar-refractivity contribution in [2.75, 3.05) is 13.1 Å². The lowest BCUT2D eigenvalue weighted by Gasteiger charge is -2.32. The monoisotopic (exact) mass is 317 g/mol. The molecule has 122 valence electrons. The molecule has 0 saturated heterocycles. The molecule has 6 heteroatoms. The largest absolute Gasteiger partial charge is 0.381 e. The molecule has 5 nitrogen and oxygen atoms in total. The maximum absolute atomic E-state index is 13.1. The van der Waals surface area contributed by atoms with Crippen LogP contribution < -0.4 is 0 Å². The number of β-amino-alcohol motifs (C(OH)–C–C–N with tert-alkyl or cyclic N) is 1. The van der Waals surface area contributed by atoms with Gasteiger partial charge in [-0.05, 0) is 38.1 Å². The second-order valence-electron chi connectivity index (χ2n) is 6.28. The third kappa shape index (κ3) is 3.18. The van der Waals surface area contributed by atoms with E-state index in [4.69, 9.17) is 0 Å². The number of aliphatic hydroxyl groups is 1. The molecule has 23 heavy (non-hydrogen) atoms. The first-order chi connectivity index (χ1) is 10.9. The van der Waals surface area contributed by atoms with Crippen molar-refractivity contribution in [3.63, 3.8) is 0 Å². The van der Waals surface area contributed by atoms with Gasteiger partial charge in [-0.2, -0.15) is 0 Å². The molecule has 3 rings (SSSR count). The number of ketones is 1. The lowest BCUT2D eigenvalue weighted by molar-refractivity contribution is -0.135. The Hall–Kier alpha value is -2.05. The van der Waals surface area contributed by atoms with Gasteiger partial charge in [0, 0.05) is 37.4 Å². The molecule has 1 aliphatic rings. The van der Waals surface area contributed by atoms with E-state index in [1.54, 1.807) is 25.4 Å². The average Bonchev–Trinajstić information content (AvgIpc) is 2.90. The number of benzene rings is 1. The molecule has 0 aliphatic carbocycles. The van der Waals surface area contributed by atoms with E-state index in [0.717, 1.165) is 30.0 Å². The summed E-state index contributed by atoms with van der Waals surface area (Å²) in [6, 6.07) is 6.32. The van der Waals surface area contributed by atoms with E-state index in [0.29, 0.717) is 13.1 Å². The molecule has 0 saturated carbocycles. The topological polar surface area (TPSA) is 58.4 Å². The third-order valence-electron chi connectivity index (χ3n) is 4.39. The van der Waals surface area contributed by atoms with Crippen LogP contribution in [-0.4, -0.2) is 44.0 Å². The van der Waals surface area contributed by atoms with Gasteiger partial charge >= 0.3 is 0 Å². The minimum absolute atomic E-state index is 0.236. The molecule has 0 fully saturated rings. The molecule has 1 N–H and O–H groups in total. The zero-order chi connectivity index (χ0) is 16.6. The number of hydrogen-bond acceptors (Lipinski definition) is 4. The summed E-state index contributed by atoms with van der Waals surface area (Å²) in [5.74, 6) is -0.500. The number of carbonyl (C=O) groups is 1. The Morgan fingerprint density at radius 2 is 2.09 bits per heavy atom. The number of hydrogen-bond donors (Lipinski definition) is 1. The van der Waals surface area contributed by atoms with Crippen LogP contribution in [0.1, 0.15) is 25.2 Å². The minimum Gasteiger partial charge on any atom is -0.381 e. The lowest BCUT2D eigenvalue weighted by atomic mass is 10.00. The molecule has 1 atom stereocenters. The summed E-state index contributed by atoms with van der Waals surface area (Å²) in [4.78, 5) is 17.9. The van der Waals surface area contributed by atoms with Gasteiger partial charge in [-0.1, -0.05) is 0 Å². The lowest BCUT2D eigenvalue weighted by Crippen LogP contribution is -2.47. The van der Waals surface area contributed by atoms with Crippen molar-refractivity contribution in [3.05, 3.63) is 47.8 Å². The summed E-state index contributed by atoms with van der Waals surface area (Å²) in [5, 5.41) is 10.1. The van der Waals surface area contributed by atoms with E-state index in [9.17, 15) is 14.3 Å². The van der Waals surface area contributed by atoms with Crippen molar-refractivity contribution in [3.8, 4) is 5.69 Å². The highest BCUT2D eigenvalue weighted by Gasteiger charge is 2.31. The first-order valence-electron chi connectivity index (χ1n) is 7.63. The van der Waals surface area contributed by atoms with Crippen molar-refractivity contribution in [2.45, 2.75) is 32.4 Å². The molecular formula is C17H20FN3O2. The van der Waals surface area contributed by atoms with Crippen molar-refractivity contribution in [1.29, 1.82) is 0 Å². The number of aromatic nitrogens is 2. The first kappa shape index (κ1) is 15.8. The van der Waals surface area contributed by atoms with Crippen molar-refractivity contribution in [2.24, 2.45) is 0 Å². The molecule has 1 aromatic heterocycles. The zero-order valence-electron chi connectivity index (χ0n) is 13.3. The third-order valence-corrected chi connectivity index (χ3v) is 4.39. The summed E-state index contributed by atoms with van der Waals surface area (Å²) in [6.45, 7) is 4.57. The first-order valence-corrected chi connectivity index (χ1v) is 7.63. The van der Waals surface area contributed by atoms with Crippen molar-refractivity contribution in [1.82, 2.24) is 14.5 Å². The van der Waals surface area contributed by atoms with Gasteiger partial charge in [0.2, 0.25) is 0 Å². The number of Topliss-reactive ketones (excluding diaryl/α,β-unsaturated/α-hetero) is 1. The van der Waals surface area contributed by atoms with Gasteiger partial charge in [0.1, 0.15) is 11.4 Å². The van der Waals surface area contributed by atoms with E-state index in [2.05, 4.69) is 4.98 Å². The van der Waals surface area contributed by atoms with Gasteiger partial charge in [-0.15, -0.1) is 0 Å². The van der Waals surface area contributed by atoms with Gasteiger partial charge in [0.05, 0.1) is 12.0 Å². The number of fused-ring (bicyclic) bond motifs is 1. The van der Waals surface area contributed by atoms with Crippen LogP contribution in [0.2, 0.25) is 0 Å². The molecule has 2 aromatic rings. The molecule has 1 aromatic carbocycles. The predicted octanol–water partition coefficient (Wildman–Crippen LogP) is 1.71. The molecule has 0 bridgehead atoms. The highest BCUT2D eigenvalue weighted by atomic mass is 19.1. The number of carbonyl (C=O) groups excluding carboxylic acids is 1. The van der Waals surface area contributed by atoms with Crippen molar-refractivity contribution < 1.29 is 14.3 Å². The zero-order valence-corrected chi connectivity index (χ0v) is 13.3. The Morgan fingerprint density at radius 1 is 1.39 bits per heavy atom. The van der Waals surface area contributed by atoms with Gasteiger partial charge < -0.3 is 9.67 Å². The fourth-order valence-electron chi connectivity index (χ4n) is 2.87. The maximum Gasteiger partial charge on any atom is 0.162 e. The van der Waals surface area contributed by atoms with E-state index in [-0.39, 0.29) is 11.6 Å². The summed E-state index contributed by atoms with van der Waals surface area (Å²) >= 11 is 0. The van der Waals surface area contributed by atoms with Crippen molar-refractivity contribution >= 4 is 5.78 Å². The van der Waals surface area contributed by atoms with Crippen LogP contribution in [0.25, 0.3) is 5.69 Å². The van der Waals surface area contributed by atoms with Gasteiger partial charge in [0.25, 0.3) is 0 Å². The quantitative estimate of drug-likeness (QED) is 0.933. The molecule has 0 radical (unpaired) electrons. The Labute approximate surface area is 134 Å². The molecule has 2 heterocycles. The van der Waals surface area contributed by atoms with Gasteiger partial charge in [-0.25, -0.2) is 9.37 Å². The Bertz CT molecular complexity index is 722. The van der Waals surface area contributed by atoms with Crippen LogP contribution in [0, 0.1) is 5.82 Å². The summed E-state index contributed by atoms with van der Waals surface area (Å²) in [6.07, 6.45) is 2.51. The normalized spacial score (nSPS) is 17.6. The Balaban J connectivity index is 1.79. The van der Waals surface area contributed by atoms with Gasteiger partial charge in [0.15, 0.2) is 5.78 Å². The standard InChI is InChI=1S/C17H20FN3O2/c1-12(22)17(2,23)10-20-8-7-16-15(9-20)19-11-21(16)14-5-3-13(18)4-6-14/h3-6,11,23H,7-10H2,1-2H3. The van der Waals surface area contributed by atoms with Crippen LogP contribution in [0.5, 0.6) is 0 Å². The number of nitrogens with zero attached hydrogens (tertiary/aromatic N) is 3. The molecule has 1 aliphatic heterocycles. The van der Waals surface area contributed by atoms with Crippen LogP contribution >= 0.6 is 0 Å². The molecule has 1 unspecified atom stereocenters. The van der Waals surface area contributed by atoms with Gasteiger partial charge in [-0.3, -0.25) is 9.69 Å². The minimum atomic E-state index is -1.34. The fraction of sp³-hybridized carbons (Fsp3) is 0.412. The molecule has 0 amide bonds. The van der Waals surface area contributed by atoms with Crippen LogP contribution in [0.4, 0.5) is 4.39 Å². The van der Waals surface area contributed by atoms with E-state index < -0.39 is 5.60 Å². The Morgan fingerprint density at radius 3 is 2.74 bits per heavy atom. The molecule has 0 spiro atoms. The Kier molecular flexibility index (Phi) is 4.04. The smallest absolute Gasteiger partial charge is 0.162 e. The predicted molar refractivity (Wildman–Crippen MR) is 83.8 cm³/mol. The second-order valence-corrected chi connectivity index (χ2v) is 6.28. The number of imidazole rings is 1. The summed E-state index contributed by atoms with van der Waals surface area (Å²) in [7, 11) is 0. The van der Waals surface area contributed by atoms with E-state index in [1.165, 1.54) is 19.1 Å². The average molecular weight is 317 g/mol. The summed E-state index contributed by atoms with van der Waals surface area (Å²) in [5.41, 5.74) is 1.57. The van der Waals surface area contributed by atoms with E-state index >= 15 is 0 Å². The van der Waals surface area contributed by atoms with Crippen LogP contribution in [0.3, 0.4) is 0 Å². The van der Waals surface area contributed by atoms with E-state index in [1.807, 2.05) is 9.47 Å². The highest BCUT2D eigenvalue weighted by molar-refractivity contribution is 5.84. The maximum atomic E-state index is 13.1. The fourth-order valence-corrected chi connectivity index (χ4v) is 2.87. The van der Waals surface area contributed by atoms with Crippen LogP contribution in [0.15, 0.2) is 30.6 Å². The highest BCUT2D eigenvalue weighted by Crippen LogP contribution is 2.23. The number of rotatable bonds is 4. The number of halogens is 1. The molecular weight excluding hydrogens is 297 g/mol. The SMILES string of the molecule is CC(=O)C(C)(O)CN1CCc2c(ncn2-c2ccc(F)cc2)C1. The summed E-state index contributed by atoms with van der Waals surface area (Å²) < 4.78 is 15.0. The second kappa shape index (κ2) is 5.86.